The number of carbonyl (C=O) groups excluding carboxylic acids is 1. The van der Waals surface area contributed by atoms with Gasteiger partial charge in [0.05, 0.1) is 28.8 Å². The van der Waals surface area contributed by atoms with Gasteiger partial charge in [0.1, 0.15) is 0 Å². The van der Waals surface area contributed by atoms with Gasteiger partial charge in [0.25, 0.3) is 5.91 Å². The number of anilines is 1. The Labute approximate surface area is 183 Å². The van der Waals surface area contributed by atoms with Crippen molar-refractivity contribution in [1.29, 1.82) is 0 Å². The van der Waals surface area contributed by atoms with Crippen LogP contribution in [0.15, 0.2) is 57.9 Å². The predicted molar refractivity (Wildman–Crippen MR) is 118 cm³/mol. The van der Waals surface area contributed by atoms with Crippen LogP contribution < -0.4 is 4.90 Å². The van der Waals surface area contributed by atoms with E-state index in [2.05, 4.69) is 15.9 Å². The number of rotatable bonds is 5. The summed E-state index contributed by atoms with van der Waals surface area (Å²) in [6, 6.07) is 11.7. The molecule has 6 nitrogen and oxygen atoms in total. The van der Waals surface area contributed by atoms with Gasteiger partial charge in [-0.25, -0.2) is 8.42 Å². The van der Waals surface area contributed by atoms with Crippen LogP contribution in [0, 0.1) is 0 Å². The van der Waals surface area contributed by atoms with Gasteiger partial charge in [-0.05, 0) is 42.0 Å². The standard InChI is InChI=1S/C20H20BrClN2O4S/c1-23(19-8-5-16(21)14-18(19)22)20(25)9-4-15-2-6-17(7-3-15)29(26,27)24-10-12-28-13-11-24/h2-9,14H,10-13H2,1H3. The number of sulfonamides is 1. The van der Waals surface area contributed by atoms with Gasteiger partial charge in [-0.1, -0.05) is 39.7 Å². The molecule has 1 amide bonds. The average molecular weight is 500 g/mol. The molecular weight excluding hydrogens is 480 g/mol. The maximum Gasteiger partial charge on any atom is 0.250 e. The molecule has 1 fully saturated rings. The summed E-state index contributed by atoms with van der Waals surface area (Å²) in [7, 11) is -1.89. The van der Waals surface area contributed by atoms with Gasteiger partial charge >= 0.3 is 0 Å². The van der Waals surface area contributed by atoms with E-state index in [1.165, 1.54) is 15.3 Å². The monoisotopic (exact) mass is 498 g/mol. The van der Waals surface area contributed by atoms with Gasteiger partial charge in [-0.15, -0.1) is 0 Å². The van der Waals surface area contributed by atoms with E-state index in [1.807, 2.05) is 6.07 Å². The van der Waals surface area contributed by atoms with Crippen LogP contribution >= 0.6 is 27.5 Å². The third-order valence-corrected chi connectivity index (χ3v) is 7.22. The fourth-order valence-corrected chi connectivity index (χ4v) is 5.05. The maximum absolute atomic E-state index is 12.6. The molecule has 0 atom stereocenters. The Kier molecular flexibility index (Phi) is 7.13. The second-order valence-corrected chi connectivity index (χ2v) is 9.67. The summed E-state index contributed by atoms with van der Waals surface area (Å²) in [6.45, 7) is 1.50. The molecule has 1 heterocycles. The summed E-state index contributed by atoms with van der Waals surface area (Å²) >= 11 is 9.53. The summed E-state index contributed by atoms with van der Waals surface area (Å²) in [4.78, 5) is 14.1. The highest BCUT2D eigenvalue weighted by Gasteiger charge is 2.25. The van der Waals surface area contributed by atoms with Crippen LogP contribution in [0.25, 0.3) is 6.08 Å². The van der Waals surface area contributed by atoms with Gasteiger partial charge in [0.2, 0.25) is 10.0 Å². The Morgan fingerprint density at radius 2 is 1.83 bits per heavy atom. The number of carbonyl (C=O) groups is 1. The number of morpholine rings is 1. The molecule has 0 bridgehead atoms. The minimum atomic E-state index is -3.53. The molecule has 154 valence electrons. The van der Waals surface area contributed by atoms with E-state index in [0.29, 0.717) is 37.0 Å². The first-order chi connectivity index (χ1) is 13.8. The molecule has 0 aliphatic carbocycles. The molecule has 29 heavy (non-hydrogen) atoms. The largest absolute Gasteiger partial charge is 0.379 e. The number of likely N-dealkylation sites (N-methyl/N-ethyl adjacent to an activating group) is 1. The number of amides is 1. The van der Waals surface area contributed by atoms with Crippen LogP contribution in [0.4, 0.5) is 5.69 Å². The highest BCUT2D eigenvalue weighted by Crippen LogP contribution is 2.28. The third-order valence-electron chi connectivity index (χ3n) is 4.51. The highest BCUT2D eigenvalue weighted by atomic mass is 79.9. The molecule has 0 aromatic heterocycles. The zero-order valence-corrected chi connectivity index (χ0v) is 18.9. The van der Waals surface area contributed by atoms with Crippen molar-refractivity contribution in [2.75, 3.05) is 38.3 Å². The van der Waals surface area contributed by atoms with Crippen LogP contribution in [0.5, 0.6) is 0 Å². The number of nitrogens with zero attached hydrogens (tertiary/aromatic N) is 2. The Morgan fingerprint density at radius 3 is 2.45 bits per heavy atom. The van der Waals surface area contributed by atoms with Crippen molar-refractivity contribution in [2.24, 2.45) is 0 Å². The van der Waals surface area contributed by atoms with Gasteiger partial charge in [-0.2, -0.15) is 4.31 Å². The second-order valence-electron chi connectivity index (χ2n) is 6.41. The SMILES string of the molecule is CN(C(=O)C=Cc1ccc(S(=O)(=O)N2CCOCC2)cc1)c1ccc(Br)cc1Cl. The van der Waals surface area contributed by atoms with Gasteiger partial charge in [0.15, 0.2) is 0 Å². The minimum absolute atomic E-state index is 0.224. The molecule has 2 aromatic carbocycles. The first-order valence-corrected chi connectivity index (χ1v) is 11.5. The van der Waals surface area contributed by atoms with Crippen molar-refractivity contribution >= 4 is 55.2 Å². The minimum Gasteiger partial charge on any atom is -0.379 e. The zero-order chi connectivity index (χ0) is 21.0. The summed E-state index contributed by atoms with van der Waals surface area (Å²) in [5.41, 5.74) is 1.31. The Bertz CT molecular complexity index is 1020. The van der Waals surface area contributed by atoms with E-state index in [-0.39, 0.29) is 10.8 Å². The molecule has 1 saturated heterocycles. The second kappa shape index (κ2) is 9.40. The summed E-state index contributed by atoms with van der Waals surface area (Å²) in [6.07, 6.45) is 3.06. The smallest absolute Gasteiger partial charge is 0.250 e. The van der Waals surface area contributed by atoms with Crippen LogP contribution in [-0.4, -0.2) is 52.0 Å². The van der Waals surface area contributed by atoms with Crippen molar-refractivity contribution in [3.8, 4) is 0 Å². The van der Waals surface area contributed by atoms with E-state index in [0.717, 1.165) is 10.0 Å². The third kappa shape index (κ3) is 5.26. The molecule has 0 radical (unpaired) electrons. The normalized spacial score (nSPS) is 15.6. The molecule has 1 aliphatic heterocycles. The molecule has 9 heteroatoms. The lowest BCUT2D eigenvalue weighted by molar-refractivity contribution is -0.113. The number of hydrogen-bond donors (Lipinski definition) is 0. The van der Waals surface area contributed by atoms with Crippen LogP contribution in [0.2, 0.25) is 5.02 Å². The molecule has 3 rings (SSSR count). The summed E-state index contributed by atoms with van der Waals surface area (Å²) < 4.78 is 32.7. The van der Waals surface area contributed by atoms with Crippen molar-refractivity contribution in [3.63, 3.8) is 0 Å². The van der Waals surface area contributed by atoms with Crippen LogP contribution in [0.1, 0.15) is 5.56 Å². The lowest BCUT2D eigenvalue weighted by Gasteiger charge is -2.26. The molecule has 2 aromatic rings. The first kappa shape index (κ1) is 22.0. The molecule has 1 aliphatic rings. The topological polar surface area (TPSA) is 66.9 Å². The van der Waals surface area contributed by atoms with E-state index < -0.39 is 10.0 Å². The Hall–Kier alpha value is -1.71. The van der Waals surface area contributed by atoms with Crippen molar-refractivity contribution in [3.05, 3.63) is 63.6 Å². The molecule has 0 N–H and O–H groups in total. The van der Waals surface area contributed by atoms with Crippen molar-refractivity contribution in [1.82, 2.24) is 4.31 Å². The number of benzene rings is 2. The molecule has 0 spiro atoms. The molecule has 0 unspecified atom stereocenters. The predicted octanol–water partition coefficient (Wildman–Crippen LogP) is 3.80. The van der Waals surface area contributed by atoms with Crippen LogP contribution in [-0.2, 0) is 19.6 Å². The molecule has 0 saturated carbocycles. The van der Waals surface area contributed by atoms with Gasteiger partial charge in [0, 0.05) is 30.7 Å². The molecular formula is C20H20BrClN2O4S. The van der Waals surface area contributed by atoms with E-state index >= 15 is 0 Å². The Balaban J connectivity index is 1.70. The number of ether oxygens (including phenoxy) is 1. The van der Waals surface area contributed by atoms with Crippen molar-refractivity contribution < 1.29 is 17.9 Å². The fourth-order valence-electron chi connectivity index (χ4n) is 2.84. The van der Waals surface area contributed by atoms with Gasteiger partial charge in [-0.3, -0.25) is 4.79 Å². The van der Waals surface area contributed by atoms with Crippen molar-refractivity contribution in [2.45, 2.75) is 4.90 Å². The Morgan fingerprint density at radius 1 is 1.17 bits per heavy atom. The average Bonchev–Trinajstić information content (AvgIpc) is 2.72. The van der Waals surface area contributed by atoms with E-state index in [9.17, 15) is 13.2 Å². The first-order valence-electron chi connectivity index (χ1n) is 8.88. The van der Waals surface area contributed by atoms with Gasteiger partial charge < -0.3 is 9.64 Å². The maximum atomic E-state index is 12.6. The highest BCUT2D eigenvalue weighted by molar-refractivity contribution is 9.10. The zero-order valence-electron chi connectivity index (χ0n) is 15.7. The van der Waals surface area contributed by atoms with Crippen LogP contribution in [0.3, 0.4) is 0 Å². The number of halogens is 2. The van der Waals surface area contributed by atoms with E-state index in [4.69, 9.17) is 16.3 Å². The van der Waals surface area contributed by atoms with E-state index in [1.54, 1.807) is 49.5 Å². The fraction of sp³-hybridized carbons (Fsp3) is 0.250. The number of hydrogen-bond acceptors (Lipinski definition) is 4. The summed E-state index contributed by atoms with van der Waals surface area (Å²) in [5, 5.41) is 0.460. The lowest BCUT2D eigenvalue weighted by Crippen LogP contribution is -2.40. The summed E-state index contributed by atoms with van der Waals surface area (Å²) in [5.74, 6) is -0.251. The lowest BCUT2D eigenvalue weighted by atomic mass is 10.2. The quantitative estimate of drug-likeness (QED) is 0.587.